The van der Waals surface area contributed by atoms with E-state index < -0.39 is 51.9 Å². The van der Waals surface area contributed by atoms with Crippen molar-refractivity contribution in [3.63, 3.8) is 0 Å². The minimum atomic E-state index is -1.75. The van der Waals surface area contributed by atoms with Crippen molar-refractivity contribution in [2.75, 3.05) is 13.1 Å². The van der Waals surface area contributed by atoms with E-state index in [0.29, 0.717) is 13.1 Å². The third-order valence-electron chi connectivity index (χ3n) is 5.16. The van der Waals surface area contributed by atoms with E-state index in [2.05, 4.69) is 0 Å². The lowest BCUT2D eigenvalue weighted by Crippen LogP contribution is -2.44. The van der Waals surface area contributed by atoms with Crippen molar-refractivity contribution in [2.24, 2.45) is 5.92 Å². The van der Waals surface area contributed by atoms with Crippen LogP contribution >= 0.6 is 11.6 Å². The fraction of sp³-hybridized carbons (Fsp3) is 0.348. The Bertz CT molecular complexity index is 1080. The summed E-state index contributed by atoms with van der Waals surface area (Å²) in [5.41, 5.74) is 0. The third kappa shape index (κ3) is 5.57. The van der Waals surface area contributed by atoms with E-state index in [-0.39, 0.29) is 11.5 Å². The van der Waals surface area contributed by atoms with E-state index in [1.54, 1.807) is 6.07 Å². The molecule has 0 spiro atoms. The summed E-state index contributed by atoms with van der Waals surface area (Å²) in [6, 6.07) is 8.07. The molecule has 33 heavy (non-hydrogen) atoms. The molecule has 10 heteroatoms. The molecule has 1 aliphatic heterocycles. The first-order chi connectivity index (χ1) is 15.7. The van der Waals surface area contributed by atoms with Gasteiger partial charge in [-0.3, -0.25) is 9.59 Å². The second-order valence-electron chi connectivity index (χ2n) is 7.48. The molecule has 0 aliphatic carbocycles. The highest BCUT2D eigenvalue weighted by Crippen LogP contribution is 2.32. The molecule has 6 nitrogen and oxygen atoms in total. The van der Waals surface area contributed by atoms with Crippen molar-refractivity contribution in [3.8, 4) is 23.3 Å². The largest absolute Gasteiger partial charge is 0.483 e. The normalized spacial score (nSPS) is 15.3. The molecule has 2 aromatic rings. The van der Waals surface area contributed by atoms with E-state index in [9.17, 15) is 28.0 Å². The zero-order valence-corrected chi connectivity index (χ0v) is 18.4. The van der Waals surface area contributed by atoms with E-state index in [1.807, 2.05) is 0 Å². The van der Waals surface area contributed by atoms with Crippen LogP contribution < -0.4 is 9.47 Å². The number of likely N-dealkylation sites (tertiary alicyclic amines) is 1. The van der Waals surface area contributed by atoms with E-state index in [1.165, 1.54) is 36.1 Å². The van der Waals surface area contributed by atoms with Crippen LogP contribution in [0.3, 0.4) is 0 Å². The molecule has 1 saturated heterocycles. The Kier molecular flexibility index (Phi) is 7.82. The number of nitrogens with zero attached hydrogens (tertiary/aromatic N) is 2. The quantitative estimate of drug-likeness (QED) is 0.315. The van der Waals surface area contributed by atoms with Crippen LogP contribution in [-0.2, 0) is 9.59 Å². The molecular weight excluding hydrogens is 461 g/mol. The van der Waals surface area contributed by atoms with Gasteiger partial charge in [0, 0.05) is 19.2 Å². The Morgan fingerprint density at radius 3 is 2.24 bits per heavy atom. The van der Waals surface area contributed by atoms with Crippen LogP contribution in [0.15, 0.2) is 30.3 Å². The summed E-state index contributed by atoms with van der Waals surface area (Å²) < 4.78 is 51.4. The van der Waals surface area contributed by atoms with Crippen molar-refractivity contribution < 1.29 is 32.2 Å². The molecule has 174 valence electrons. The Morgan fingerprint density at radius 2 is 1.64 bits per heavy atom. The average Bonchev–Trinajstić information content (AvgIpc) is 2.83. The first-order valence-electron chi connectivity index (χ1n) is 10.2. The van der Waals surface area contributed by atoms with Crippen molar-refractivity contribution in [1.29, 1.82) is 5.26 Å². The number of nitriles is 1. The molecule has 2 atom stereocenters. The van der Waals surface area contributed by atoms with Crippen LogP contribution in [0.25, 0.3) is 0 Å². The van der Waals surface area contributed by atoms with Crippen LogP contribution in [0.2, 0.25) is 5.02 Å². The predicted octanol–water partition coefficient (Wildman–Crippen LogP) is 5.04. The molecule has 1 amide bonds. The van der Waals surface area contributed by atoms with Crippen LogP contribution in [0.4, 0.5) is 13.2 Å². The number of amides is 1. The highest BCUT2D eigenvalue weighted by molar-refractivity contribution is 6.30. The van der Waals surface area contributed by atoms with Gasteiger partial charge in [-0.1, -0.05) is 11.6 Å². The summed E-state index contributed by atoms with van der Waals surface area (Å²) in [6.45, 7) is 2.47. The minimum absolute atomic E-state index is 0.0671. The van der Waals surface area contributed by atoms with Crippen molar-refractivity contribution in [2.45, 2.75) is 32.3 Å². The fourth-order valence-electron chi connectivity index (χ4n) is 3.37. The molecule has 3 rings (SSSR count). The second-order valence-corrected chi connectivity index (χ2v) is 7.89. The molecule has 2 unspecified atom stereocenters. The third-order valence-corrected chi connectivity index (χ3v) is 5.44. The van der Waals surface area contributed by atoms with Crippen molar-refractivity contribution in [3.05, 3.63) is 52.8 Å². The molecule has 0 radical (unpaired) electrons. The lowest BCUT2D eigenvalue weighted by molar-refractivity contribution is -0.142. The van der Waals surface area contributed by atoms with Crippen LogP contribution in [0, 0.1) is 34.7 Å². The summed E-state index contributed by atoms with van der Waals surface area (Å²) in [5.74, 6) is -7.76. The number of carbonyl (C=O) groups is 2. The lowest BCUT2D eigenvalue weighted by Gasteiger charge is -2.28. The van der Waals surface area contributed by atoms with Gasteiger partial charge in [0.25, 0.3) is 0 Å². The van der Waals surface area contributed by atoms with Crippen LogP contribution in [0.1, 0.15) is 26.2 Å². The van der Waals surface area contributed by atoms with Gasteiger partial charge >= 0.3 is 0 Å². The van der Waals surface area contributed by atoms with Gasteiger partial charge in [0.2, 0.25) is 11.7 Å². The zero-order chi connectivity index (χ0) is 24.1. The number of piperidine rings is 1. The van der Waals surface area contributed by atoms with Gasteiger partial charge in [-0.15, -0.1) is 0 Å². The topological polar surface area (TPSA) is 79.6 Å². The number of rotatable bonds is 7. The highest BCUT2D eigenvalue weighted by Gasteiger charge is 2.35. The Hall–Kier alpha value is -3.25. The molecule has 0 aromatic heterocycles. The zero-order valence-electron chi connectivity index (χ0n) is 17.6. The molecule has 0 bridgehead atoms. The number of carbonyl (C=O) groups excluding carboxylic acids is 2. The molecular formula is C23H20ClF3N2O4. The number of halogens is 4. The average molecular weight is 481 g/mol. The van der Waals surface area contributed by atoms with Gasteiger partial charge in [0.15, 0.2) is 35.2 Å². The van der Waals surface area contributed by atoms with Crippen LogP contribution in [0.5, 0.6) is 17.2 Å². The molecule has 2 aromatic carbocycles. The van der Waals surface area contributed by atoms with Gasteiger partial charge in [-0.2, -0.15) is 9.65 Å². The maximum absolute atomic E-state index is 13.9. The Labute approximate surface area is 193 Å². The summed E-state index contributed by atoms with van der Waals surface area (Å²) in [5, 5.41) is 8.75. The fourth-order valence-corrected chi connectivity index (χ4v) is 3.56. The lowest BCUT2D eigenvalue weighted by atomic mass is 9.99. The van der Waals surface area contributed by atoms with E-state index in [4.69, 9.17) is 21.1 Å². The number of ether oxygens (including phenoxy) is 2. The first-order valence-corrected chi connectivity index (χ1v) is 10.6. The summed E-state index contributed by atoms with van der Waals surface area (Å²) in [6.07, 6.45) is 1.58. The number of benzene rings is 2. The Balaban J connectivity index is 1.65. The SMILES string of the molecule is CC(Oc1ccc(Oc2cc(Cl)c(F)c(F)c2F)cc1)C(=O)C(C#N)C(=O)N1CCCCC1. The first kappa shape index (κ1) is 24.4. The standard InChI is InChI=1S/C23H20ClF3N2O4/c1-13(22(30)16(12-28)23(31)29-9-3-2-4-10-29)32-14-5-7-15(8-6-14)33-18-11-17(24)19(25)21(27)20(18)26/h5-8,11,13,16H,2-4,9-10H2,1H3. The molecule has 1 aliphatic rings. The van der Waals surface area contributed by atoms with Crippen molar-refractivity contribution >= 4 is 23.3 Å². The van der Waals surface area contributed by atoms with Crippen molar-refractivity contribution in [1.82, 2.24) is 4.90 Å². The molecule has 0 N–H and O–H groups in total. The second kappa shape index (κ2) is 10.6. The smallest absolute Gasteiger partial charge is 0.247 e. The van der Waals surface area contributed by atoms with E-state index in [0.717, 1.165) is 25.3 Å². The van der Waals surface area contributed by atoms with Gasteiger partial charge in [0.05, 0.1) is 11.1 Å². The van der Waals surface area contributed by atoms with Crippen LogP contribution in [-0.4, -0.2) is 35.8 Å². The van der Waals surface area contributed by atoms with Gasteiger partial charge in [-0.25, -0.2) is 8.78 Å². The van der Waals surface area contributed by atoms with E-state index >= 15 is 0 Å². The summed E-state index contributed by atoms with van der Waals surface area (Å²) in [4.78, 5) is 26.7. The number of Topliss-reactive ketones (excluding diaryl/α,β-unsaturated/α-hetero) is 1. The molecule has 0 saturated carbocycles. The summed E-state index contributed by atoms with van der Waals surface area (Å²) in [7, 11) is 0. The number of hydrogen-bond acceptors (Lipinski definition) is 5. The minimum Gasteiger partial charge on any atom is -0.483 e. The van der Waals surface area contributed by atoms with Gasteiger partial charge in [0.1, 0.15) is 11.5 Å². The molecule has 1 fully saturated rings. The number of ketones is 1. The maximum Gasteiger partial charge on any atom is 0.247 e. The van der Waals surface area contributed by atoms with Gasteiger partial charge < -0.3 is 14.4 Å². The predicted molar refractivity (Wildman–Crippen MR) is 112 cm³/mol. The molecule has 1 heterocycles. The maximum atomic E-state index is 13.9. The van der Waals surface area contributed by atoms with Gasteiger partial charge in [-0.05, 0) is 50.5 Å². The highest BCUT2D eigenvalue weighted by atomic mass is 35.5. The summed E-state index contributed by atoms with van der Waals surface area (Å²) >= 11 is 5.52. The Morgan fingerprint density at radius 1 is 1.03 bits per heavy atom. The number of hydrogen-bond donors (Lipinski definition) is 0. The monoisotopic (exact) mass is 480 g/mol.